The minimum absolute atomic E-state index is 0.249. The lowest BCUT2D eigenvalue weighted by atomic mass is 9.96. The molecule has 4 nitrogen and oxygen atoms in total. The lowest BCUT2D eigenvalue weighted by Crippen LogP contribution is -2.24. The minimum Gasteiger partial charge on any atom is -0.318 e. The Morgan fingerprint density at radius 2 is 1.45 bits per heavy atom. The van der Waals surface area contributed by atoms with Crippen LogP contribution in [0.2, 0.25) is 0 Å². The number of benzene rings is 2. The number of rotatable bonds is 2. The van der Waals surface area contributed by atoms with Crippen molar-refractivity contribution < 1.29 is 13.2 Å². The molecule has 2 aromatic carbocycles. The molecule has 0 unspecified atom stereocenters. The van der Waals surface area contributed by atoms with Crippen LogP contribution in [0.5, 0.6) is 0 Å². The number of fused-ring (bicyclic) bond motifs is 1. The van der Waals surface area contributed by atoms with Crippen LogP contribution in [-0.2, 0) is 11.6 Å². The Kier molecular flexibility index (Phi) is 4.48. The third-order valence-electron chi connectivity index (χ3n) is 4.82. The van der Waals surface area contributed by atoms with Crippen LogP contribution in [0.4, 0.5) is 36.1 Å². The number of hydrogen-bond donors (Lipinski definition) is 0. The van der Waals surface area contributed by atoms with E-state index in [1.54, 1.807) is 6.20 Å². The van der Waals surface area contributed by atoms with E-state index in [2.05, 4.69) is 9.88 Å². The molecule has 2 heterocycles. The second kappa shape index (κ2) is 6.76. The van der Waals surface area contributed by atoms with Crippen molar-refractivity contribution in [1.82, 2.24) is 9.97 Å². The van der Waals surface area contributed by atoms with E-state index < -0.39 is 11.7 Å². The van der Waals surface area contributed by atoms with Crippen molar-refractivity contribution >= 4 is 22.9 Å². The van der Waals surface area contributed by atoms with Crippen molar-refractivity contribution in [3.8, 4) is 0 Å². The fraction of sp³-hybridized carbons (Fsp3) is 0.273. The fourth-order valence-electron chi connectivity index (χ4n) is 3.26. The summed E-state index contributed by atoms with van der Waals surface area (Å²) in [6, 6.07) is 15.0. The molecule has 0 aliphatic carbocycles. The van der Waals surface area contributed by atoms with Crippen molar-refractivity contribution in [1.29, 1.82) is 0 Å². The molecular formula is C22H21F3N4. The summed E-state index contributed by atoms with van der Waals surface area (Å²) in [7, 11) is 0. The first-order valence-electron chi connectivity index (χ1n) is 9.29. The van der Waals surface area contributed by atoms with Crippen LogP contribution >= 0.6 is 0 Å². The van der Waals surface area contributed by atoms with Gasteiger partial charge in [0.2, 0.25) is 0 Å². The molecule has 0 spiro atoms. The van der Waals surface area contributed by atoms with Gasteiger partial charge in [-0.3, -0.25) is 0 Å². The number of nitrogens with zero attached hydrogens (tertiary/aromatic N) is 4. The van der Waals surface area contributed by atoms with Gasteiger partial charge in [-0.15, -0.1) is 0 Å². The van der Waals surface area contributed by atoms with E-state index in [0.29, 0.717) is 24.0 Å². The highest BCUT2D eigenvalue weighted by Crippen LogP contribution is 2.43. The van der Waals surface area contributed by atoms with Crippen molar-refractivity contribution in [2.24, 2.45) is 0 Å². The van der Waals surface area contributed by atoms with Crippen molar-refractivity contribution in [3.05, 3.63) is 72.2 Å². The second-order valence-corrected chi connectivity index (χ2v) is 8.03. The van der Waals surface area contributed by atoms with Gasteiger partial charge in [0.15, 0.2) is 5.82 Å². The van der Waals surface area contributed by atoms with Crippen molar-refractivity contribution in [2.45, 2.75) is 32.4 Å². The maximum atomic E-state index is 13.0. The molecule has 7 heteroatoms. The van der Waals surface area contributed by atoms with E-state index in [9.17, 15) is 13.2 Å². The quantitative estimate of drug-likeness (QED) is 0.527. The molecule has 1 aliphatic heterocycles. The molecule has 0 saturated heterocycles. The maximum Gasteiger partial charge on any atom is 0.416 e. The normalized spacial score (nSPS) is 14.3. The molecule has 1 aromatic heterocycles. The van der Waals surface area contributed by atoms with Crippen LogP contribution in [0.3, 0.4) is 0 Å². The van der Waals surface area contributed by atoms with Crippen LogP contribution in [0.25, 0.3) is 0 Å². The maximum absolute atomic E-state index is 13.0. The largest absolute Gasteiger partial charge is 0.416 e. The van der Waals surface area contributed by atoms with Gasteiger partial charge in [-0.2, -0.15) is 13.2 Å². The molecule has 0 bridgehead atoms. The summed E-state index contributed by atoms with van der Waals surface area (Å²) in [6.45, 7) is 6.52. The monoisotopic (exact) mass is 398 g/mol. The first-order valence-corrected chi connectivity index (χ1v) is 9.29. The first-order chi connectivity index (χ1) is 13.6. The summed E-state index contributed by atoms with van der Waals surface area (Å²) in [5, 5.41) is 0. The Morgan fingerprint density at radius 3 is 2.03 bits per heavy atom. The molecule has 3 aromatic rings. The smallest absolute Gasteiger partial charge is 0.318 e. The topological polar surface area (TPSA) is 32.3 Å². The zero-order chi connectivity index (χ0) is 20.8. The highest BCUT2D eigenvalue weighted by Gasteiger charge is 2.34. The molecule has 0 saturated carbocycles. The SMILES string of the molecule is CC(C)(C)c1ncc2c(n1)N(c1ccc(C(F)(F)F)cc1)CN2c1ccccc1. The third-order valence-corrected chi connectivity index (χ3v) is 4.82. The summed E-state index contributed by atoms with van der Waals surface area (Å²) in [5.41, 5.74) is 1.52. The fourth-order valence-corrected chi connectivity index (χ4v) is 3.26. The van der Waals surface area contributed by atoms with Gasteiger partial charge in [-0.1, -0.05) is 39.0 Å². The summed E-state index contributed by atoms with van der Waals surface area (Å²) in [6.07, 6.45) is -2.57. The van der Waals surface area contributed by atoms with Crippen LogP contribution in [0.15, 0.2) is 60.8 Å². The third kappa shape index (κ3) is 3.64. The van der Waals surface area contributed by atoms with E-state index in [1.807, 2.05) is 56.0 Å². The first kappa shape index (κ1) is 19.2. The van der Waals surface area contributed by atoms with E-state index in [-0.39, 0.29) is 5.41 Å². The molecule has 0 fully saturated rings. The number of hydrogen-bond acceptors (Lipinski definition) is 4. The molecule has 29 heavy (non-hydrogen) atoms. The second-order valence-electron chi connectivity index (χ2n) is 8.03. The van der Waals surface area contributed by atoms with Crippen LogP contribution in [0, 0.1) is 0 Å². The summed E-state index contributed by atoms with van der Waals surface area (Å²) in [5.74, 6) is 1.37. The van der Waals surface area contributed by atoms with Gasteiger partial charge in [0, 0.05) is 16.8 Å². The Balaban J connectivity index is 1.79. The standard InChI is InChI=1S/C22H21F3N4/c1-21(2,3)20-26-13-18-19(27-20)29(14-28(18)16-7-5-4-6-8-16)17-11-9-15(10-12-17)22(23,24)25/h4-13H,14H2,1-3H3. The summed E-state index contributed by atoms with van der Waals surface area (Å²) < 4.78 is 38.9. The molecule has 0 atom stereocenters. The Bertz CT molecular complexity index is 1010. The number of aromatic nitrogens is 2. The number of alkyl halides is 3. The van der Waals surface area contributed by atoms with Gasteiger partial charge in [0.25, 0.3) is 0 Å². The number of halogens is 3. The lowest BCUT2D eigenvalue weighted by molar-refractivity contribution is -0.137. The van der Waals surface area contributed by atoms with E-state index >= 15 is 0 Å². The van der Waals surface area contributed by atoms with Gasteiger partial charge in [0.1, 0.15) is 18.2 Å². The average Bonchev–Trinajstić information content (AvgIpc) is 3.06. The van der Waals surface area contributed by atoms with E-state index in [4.69, 9.17) is 4.98 Å². The van der Waals surface area contributed by atoms with Gasteiger partial charge in [0.05, 0.1) is 11.8 Å². The Morgan fingerprint density at radius 1 is 0.828 bits per heavy atom. The molecule has 1 aliphatic rings. The lowest BCUT2D eigenvalue weighted by Gasteiger charge is -2.22. The molecule has 0 amide bonds. The molecule has 0 radical (unpaired) electrons. The van der Waals surface area contributed by atoms with Gasteiger partial charge >= 0.3 is 6.18 Å². The Hall–Kier alpha value is -3.09. The minimum atomic E-state index is -4.36. The van der Waals surface area contributed by atoms with Crippen LogP contribution < -0.4 is 9.80 Å². The predicted octanol–water partition coefficient (Wildman–Crippen LogP) is 6.04. The summed E-state index contributed by atoms with van der Waals surface area (Å²) in [4.78, 5) is 13.3. The molecule has 4 rings (SSSR count). The Labute approximate surface area is 167 Å². The van der Waals surface area contributed by atoms with Crippen molar-refractivity contribution in [2.75, 3.05) is 16.5 Å². The molecule has 150 valence electrons. The highest BCUT2D eigenvalue weighted by molar-refractivity contribution is 5.83. The molecule has 0 N–H and O–H groups in total. The zero-order valence-electron chi connectivity index (χ0n) is 16.4. The molecular weight excluding hydrogens is 377 g/mol. The average molecular weight is 398 g/mol. The number of para-hydroxylation sites is 1. The predicted molar refractivity (Wildman–Crippen MR) is 108 cm³/mol. The number of anilines is 4. The van der Waals surface area contributed by atoms with Gasteiger partial charge in [-0.25, -0.2) is 9.97 Å². The van der Waals surface area contributed by atoms with Gasteiger partial charge in [-0.05, 0) is 36.4 Å². The summed E-state index contributed by atoms with van der Waals surface area (Å²) >= 11 is 0. The van der Waals surface area contributed by atoms with Crippen molar-refractivity contribution in [3.63, 3.8) is 0 Å². The highest BCUT2D eigenvalue weighted by atomic mass is 19.4. The van der Waals surface area contributed by atoms with E-state index in [0.717, 1.165) is 23.5 Å². The zero-order valence-corrected chi connectivity index (χ0v) is 16.4. The van der Waals surface area contributed by atoms with E-state index in [1.165, 1.54) is 12.1 Å². The van der Waals surface area contributed by atoms with Gasteiger partial charge < -0.3 is 9.80 Å². The van der Waals surface area contributed by atoms with Crippen LogP contribution in [-0.4, -0.2) is 16.6 Å². The van der Waals surface area contributed by atoms with Crippen LogP contribution in [0.1, 0.15) is 32.2 Å².